The molecule has 1 fully saturated rings. The third-order valence-electron chi connectivity index (χ3n) is 6.83. The van der Waals surface area contributed by atoms with E-state index in [1.807, 2.05) is 12.3 Å². The lowest BCUT2D eigenvalue weighted by Crippen LogP contribution is -2.38. The number of nitrogens with two attached hydrogens (primary N) is 1. The van der Waals surface area contributed by atoms with E-state index < -0.39 is 15.9 Å². The van der Waals surface area contributed by atoms with Gasteiger partial charge in [0.2, 0.25) is 10.0 Å². The Labute approximate surface area is 212 Å². The van der Waals surface area contributed by atoms with Crippen molar-refractivity contribution in [3.8, 4) is 11.1 Å². The number of benzene rings is 1. The molecule has 2 aromatic heterocycles. The number of hydrogen-bond donors (Lipinski definition) is 3. The van der Waals surface area contributed by atoms with Crippen LogP contribution in [-0.4, -0.2) is 55.5 Å². The molecule has 0 saturated carbocycles. The van der Waals surface area contributed by atoms with Crippen LogP contribution in [-0.2, 0) is 16.4 Å². The van der Waals surface area contributed by atoms with Gasteiger partial charge in [0.05, 0.1) is 16.8 Å². The second-order valence-electron chi connectivity index (χ2n) is 9.78. The van der Waals surface area contributed by atoms with E-state index in [0.717, 1.165) is 59.9 Å². The van der Waals surface area contributed by atoms with Crippen molar-refractivity contribution in [3.05, 3.63) is 45.8 Å². The predicted octanol–water partition coefficient (Wildman–Crippen LogP) is 4.31. The van der Waals surface area contributed by atoms with Crippen molar-refractivity contribution in [1.29, 1.82) is 0 Å². The molecule has 3 heterocycles. The predicted molar refractivity (Wildman–Crippen MR) is 145 cm³/mol. The fraction of sp³-hybridized carbons (Fsp3) is 0.500. The minimum Gasteiger partial charge on any atom is -0.366 e. The van der Waals surface area contributed by atoms with Crippen LogP contribution >= 0.6 is 11.3 Å². The van der Waals surface area contributed by atoms with Crippen molar-refractivity contribution >= 4 is 38.2 Å². The minimum absolute atomic E-state index is 0.131. The van der Waals surface area contributed by atoms with Crippen LogP contribution in [0.2, 0.25) is 0 Å². The first-order valence-corrected chi connectivity index (χ1v) is 14.9. The number of fused-ring (bicyclic) bond motifs is 1. The van der Waals surface area contributed by atoms with Crippen molar-refractivity contribution in [2.75, 3.05) is 31.9 Å². The Morgan fingerprint density at radius 2 is 1.97 bits per heavy atom. The smallest absolute Gasteiger partial charge is 0.250 e. The van der Waals surface area contributed by atoms with Crippen molar-refractivity contribution < 1.29 is 13.2 Å². The number of amides is 1. The molecule has 190 valence electrons. The Morgan fingerprint density at radius 3 is 2.63 bits per heavy atom. The van der Waals surface area contributed by atoms with Gasteiger partial charge in [-0.05, 0) is 91.4 Å². The van der Waals surface area contributed by atoms with Gasteiger partial charge in [-0.15, -0.1) is 11.3 Å². The highest BCUT2D eigenvalue weighted by Crippen LogP contribution is 2.38. The zero-order valence-corrected chi connectivity index (χ0v) is 22.4. The van der Waals surface area contributed by atoms with E-state index in [-0.39, 0.29) is 11.7 Å². The number of carbonyl (C=O) groups excluding carboxylic acids is 1. The molecule has 1 amide bonds. The highest BCUT2D eigenvalue weighted by molar-refractivity contribution is 7.89. The Hall–Kier alpha value is -2.20. The third kappa shape index (κ3) is 5.80. The molecule has 0 spiro atoms. The van der Waals surface area contributed by atoms with Gasteiger partial charge in [-0.3, -0.25) is 4.79 Å². The number of aromatic amines is 1. The molecule has 1 aliphatic rings. The van der Waals surface area contributed by atoms with Crippen molar-refractivity contribution in [2.24, 2.45) is 11.7 Å². The van der Waals surface area contributed by atoms with Gasteiger partial charge < -0.3 is 16.0 Å². The summed E-state index contributed by atoms with van der Waals surface area (Å²) in [6, 6.07) is 6.23. The Morgan fingerprint density at radius 1 is 1.23 bits per heavy atom. The van der Waals surface area contributed by atoms with E-state index in [1.54, 1.807) is 22.6 Å². The number of aromatic nitrogens is 1. The summed E-state index contributed by atoms with van der Waals surface area (Å²) in [5.74, 6) is 0.536. The highest BCUT2D eigenvalue weighted by Gasteiger charge is 2.29. The molecule has 4 N–H and O–H groups in total. The number of H-pyrrole nitrogens is 1. The summed E-state index contributed by atoms with van der Waals surface area (Å²) in [5.41, 5.74) is 10.2. The lowest BCUT2D eigenvalue weighted by Gasteiger charge is -2.31. The van der Waals surface area contributed by atoms with Gasteiger partial charge in [-0.2, -0.15) is 0 Å². The van der Waals surface area contributed by atoms with Gasteiger partial charge in [0, 0.05) is 29.5 Å². The number of nitrogens with one attached hydrogen (secondary N) is 2. The largest absolute Gasteiger partial charge is 0.366 e. The van der Waals surface area contributed by atoms with E-state index in [9.17, 15) is 13.2 Å². The first-order valence-electron chi connectivity index (χ1n) is 12.4. The summed E-state index contributed by atoms with van der Waals surface area (Å²) < 4.78 is 26.1. The lowest BCUT2D eigenvalue weighted by atomic mass is 9.88. The number of piperidine rings is 1. The summed E-state index contributed by atoms with van der Waals surface area (Å²) in [5, 5.41) is 6.63. The topological polar surface area (TPSA) is 108 Å². The van der Waals surface area contributed by atoms with E-state index in [1.165, 1.54) is 4.88 Å². The fourth-order valence-corrected chi connectivity index (χ4v) is 6.87. The zero-order chi connectivity index (χ0) is 25.2. The Bertz CT molecular complexity index is 1290. The van der Waals surface area contributed by atoms with Crippen LogP contribution in [0, 0.1) is 5.92 Å². The Kier molecular flexibility index (Phi) is 8.00. The quantitative estimate of drug-likeness (QED) is 0.349. The minimum atomic E-state index is -3.17. The van der Waals surface area contributed by atoms with Gasteiger partial charge >= 0.3 is 0 Å². The average Bonchev–Trinajstić information content (AvgIpc) is 3.48. The third-order valence-corrected chi connectivity index (χ3v) is 9.70. The summed E-state index contributed by atoms with van der Waals surface area (Å²) in [6.07, 6.45) is 4.45. The maximum Gasteiger partial charge on any atom is 0.250 e. The van der Waals surface area contributed by atoms with E-state index in [2.05, 4.69) is 41.7 Å². The monoisotopic (exact) mass is 516 g/mol. The molecular weight excluding hydrogens is 480 g/mol. The van der Waals surface area contributed by atoms with Crippen LogP contribution < -0.4 is 11.1 Å². The number of primary amides is 1. The molecular formula is C26H36N4O3S2. The number of sulfonamides is 1. The summed E-state index contributed by atoms with van der Waals surface area (Å²) >= 11 is 1.74. The standard InChI is InChI=1S/C26H36N4O3S2/c1-4-35(32,33)30-9-6-18(7-10-30)24-15-29-25-22(24)12-19(13-23(25)26(27)31)20-11-21(34-16-20)5-8-28-14-17(2)3/h11-13,15-18,28-29H,4-10,14H2,1-3H3,(H2,27,31). The summed E-state index contributed by atoms with van der Waals surface area (Å²) in [7, 11) is -3.17. The molecule has 7 nitrogen and oxygen atoms in total. The van der Waals surface area contributed by atoms with Crippen molar-refractivity contribution in [1.82, 2.24) is 14.6 Å². The molecule has 0 atom stereocenters. The molecule has 3 aromatic rings. The summed E-state index contributed by atoms with van der Waals surface area (Å²) in [6.45, 7) is 9.09. The molecule has 0 bridgehead atoms. The molecule has 1 aliphatic heterocycles. The highest BCUT2D eigenvalue weighted by atomic mass is 32.2. The molecule has 0 unspecified atom stereocenters. The van der Waals surface area contributed by atoms with Gasteiger partial charge in [-0.1, -0.05) is 13.8 Å². The van der Waals surface area contributed by atoms with E-state index in [0.29, 0.717) is 24.6 Å². The second-order valence-corrected chi connectivity index (χ2v) is 13.0. The molecule has 1 aromatic carbocycles. The summed E-state index contributed by atoms with van der Waals surface area (Å²) in [4.78, 5) is 16.9. The number of nitrogens with zero attached hydrogens (tertiary/aromatic N) is 1. The van der Waals surface area contributed by atoms with Gasteiger partial charge in [-0.25, -0.2) is 12.7 Å². The molecule has 1 saturated heterocycles. The van der Waals surface area contributed by atoms with Crippen LogP contribution in [0.25, 0.3) is 22.0 Å². The molecule has 0 radical (unpaired) electrons. The molecule has 9 heteroatoms. The molecule has 0 aliphatic carbocycles. The SMILES string of the molecule is CCS(=O)(=O)N1CCC(c2c[nH]c3c(C(N)=O)cc(-c4csc(CCNCC(C)C)c4)cc23)CC1. The maximum absolute atomic E-state index is 12.3. The first kappa shape index (κ1) is 25.9. The zero-order valence-electron chi connectivity index (χ0n) is 20.8. The first-order chi connectivity index (χ1) is 16.7. The number of thiophene rings is 1. The number of rotatable bonds is 10. The molecule has 35 heavy (non-hydrogen) atoms. The second kappa shape index (κ2) is 10.8. The van der Waals surface area contributed by atoms with Crippen LogP contribution in [0.4, 0.5) is 0 Å². The van der Waals surface area contributed by atoms with Gasteiger partial charge in [0.15, 0.2) is 0 Å². The average molecular weight is 517 g/mol. The van der Waals surface area contributed by atoms with Crippen LogP contribution in [0.5, 0.6) is 0 Å². The lowest BCUT2D eigenvalue weighted by molar-refractivity contribution is 0.100. The molecule has 4 rings (SSSR count). The van der Waals surface area contributed by atoms with Gasteiger partial charge in [0.25, 0.3) is 5.91 Å². The van der Waals surface area contributed by atoms with Crippen LogP contribution in [0.1, 0.15) is 60.3 Å². The van der Waals surface area contributed by atoms with Crippen LogP contribution in [0.3, 0.4) is 0 Å². The number of hydrogen-bond acceptors (Lipinski definition) is 5. The van der Waals surface area contributed by atoms with Crippen molar-refractivity contribution in [2.45, 2.75) is 46.0 Å². The fourth-order valence-electron chi connectivity index (χ4n) is 4.84. The van der Waals surface area contributed by atoms with E-state index >= 15 is 0 Å². The van der Waals surface area contributed by atoms with Crippen molar-refractivity contribution in [3.63, 3.8) is 0 Å². The Balaban J connectivity index is 1.59. The van der Waals surface area contributed by atoms with E-state index in [4.69, 9.17) is 5.73 Å². The number of carbonyl (C=O) groups is 1. The normalized spacial score (nSPS) is 15.9. The van der Waals surface area contributed by atoms with Gasteiger partial charge in [0.1, 0.15) is 0 Å². The maximum atomic E-state index is 12.3. The van der Waals surface area contributed by atoms with Crippen LogP contribution in [0.15, 0.2) is 29.8 Å².